The summed E-state index contributed by atoms with van der Waals surface area (Å²) < 4.78 is 26.5. The van der Waals surface area contributed by atoms with Crippen LogP contribution in [-0.2, 0) is 0 Å². The molecule has 21 heavy (non-hydrogen) atoms. The van der Waals surface area contributed by atoms with Crippen LogP contribution in [0.1, 0.15) is 26.3 Å². The van der Waals surface area contributed by atoms with E-state index < -0.39 is 29.2 Å². The summed E-state index contributed by atoms with van der Waals surface area (Å²) in [5, 5.41) is 11.4. The van der Waals surface area contributed by atoms with Gasteiger partial charge in [0.05, 0.1) is 16.8 Å². The molecule has 0 unspecified atom stereocenters. The largest absolute Gasteiger partial charge is 0.478 e. The molecule has 0 saturated heterocycles. The molecule has 7 heteroatoms. The zero-order chi connectivity index (χ0) is 15.6. The molecule has 0 spiro atoms. The van der Waals surface area contributed by atoms with Crippen molar-refractivity contribution in [3.8, 4) is 0 Å². The number of pyridine rings is 1. The van der Waals surface area contributed by atoms with E-state index in [2.05, 4.69) is 10.3 Å². The van der Waals surface area contributed by atoms with E-state index in [1.165, 1.54) is 12.1 Å². The molecule has 2 N–H and O–H groups in total. The molecule has 1 amide bonds. The maximum atomic E-state index is 13.5. The molecule has 1 heterocycles. The van der Waals surface area contributed by atoms with E-state index in [0.29, 0.717) is 5.56 Å². The predicted octanol–water partition coefficient (Wildman–Crippen LogP) is 2.62. The van der Waals surface area contributed by atoms with Gasteiger partial charge in [-0.25, -0.2) is 14.2 Å². The number of carbonyl (C=O) groups excluding carboxylic acids is 1. The van der Waals surface area contributed by atoms with Crippen LogP contribution in [0, 0.1) is 18.7 Å². The van der Waals surface area contributed by atoms with E-state index in [0.717, 1.165) is 12.3 Å². The smallest absolute Gasteiger partial charge is 0.337 e. The zero-order valence-corrected chi connectivity index (χ0v) is 10.9. The summed E-state index contributed by atoms with van der Waals surface area (Å²) >= 11 is 0. The van der Waals surface area contributed by atoms with Gasteiger partial charge in [0.15, 0.2) is 5.82 Å². The third kappa shape index (κ3) is 2.86. The van der Waals surface area contributed by atoms with Crippen LogP contribution >= 0.6 is 0 Å². The number of hydrogen-bond acceptors (Lipinski definition) is 3. The van der Waals surface area contributed by atoms with Crippen molar-refractivity contribution in [3.63, 3.8) is 0 Å². The monoisotopic (exact) mass is 292 g/mol. The fourth-order valence-corrected chi connectivity index (χ4v) is 1.79. The van der Waals surface area contributed by atoms with Gasteiger partial charge in [0.25, 0.3) is 5.91 Å². The Labute approximate surface area is 118 Å². The highest BCUT2D eigenvalue weighted by molar-refractivity contribution is 6.08. The van der Waals surface area contributed by atoms with Crippen LogP contribution < -0.4 is 5.32 Å². The van der Waals surface area contributed by atoms with Gasteiger partial charge in [0.2, 0.25) is 5.95 Å². The number of hydrogen-bond donors (Lipinski definition) is 2. The van der Waals surface area contributed by atoms with Crippen LogP contribution in [0.5, 0.6) is 0 Å². The maximum absolute atomic E-state index is 13.5. The number of nitrogens with zero attached hydrogens (tertiary/aromatic N) is 1. The van der Waals surface area contributed by atoms with Crippen molar-refractivity contribution in [2.75, 3.05) is 5.32 Å². The minimum absolute atomic E-state index is 0.0339. The van der Waals surface area contributed by atoms with Gasteiger partial charge in [-0.05, 0) is 24.6 Å². The van der Waals surface area contributed by atoms with Crippen LogP contribution in [-0.4, -0.2) is 22.0 Å². The Hall–Kier alpha value is -2.83. The number of amides is 1. The highest BCUT2D eigenvalue weighted by atomic mass is 19.2. The van der Waals surface area contributed by atoms with Crippen molar-refractivity contribution in [2.24, 2.45) is 0 Å². The summed E-state index contributed by atoms with van der Waals surface area (Å²) in [6.45, 7) is 1.59. The number of carbonyl (C=O) groups is 2. The van der Waals surface area contributed by atoms with Crippen molar-refractivity contribution in [2.45, 2.75) is 6.92 Å². The maximum Gasteiger partial charge on any atom is 0.337 e. The summed E-state index contributed by atoms with van der Waals surface area (Å²) in [4.78, 5) is 26.2. The summed E-state index contributed by atoms with van der Waals surface area (Å²) in [6, 6.07) is 5.41. The molecule has 5 nitrogen and oxygen atoms in total. The number of carboxylic acid groups (broad SMARTS) is 1. The minimum atomic E-state index is -1.40. The number of aryl methyl sites for hydroxylation is 1. The number of carboxylic acids is 1. The number of benzene rings is 1. The Morgan fingerprint density at radius 3 is 2.57 bits per heavy atom. The molecule has 0 radical (unpaired) electrons. The number of aromatic carboxylic acids is 1. The van der Waals surface area contributed by atoms with Crippen LogP contribution in [0.25, 0.3) is 0 Å². The summed E-state index contributed by atoms with van der Waals surface area (Å²) in [7, 11) is 0. The van der Waals surface area contributed by atoms with E-state index >= 15 is 0 Å². The van der Waals surface area contributed by atoms with Crippen LogP contribution in [0.2, 0.25) is 0 Å². The van der Waals surface area contributed by atoms with Gasteiger partial charge in [0.1, 0.15) is 0 Å². The molecule has 0 aliphatic rings. The Morgan fingerprint density at radius 2 is 1.90 bits per heavy atom. The first-order valence-corrected chi connectivity index (χ1v) is 5.86. The SMILES string of the molecule is Cc1cccc(C(=O)O)c1NC(=O)c1ccnc(F)c1F. The lowest BCUT2D eigenvalue weighted by Gasteiger charge is -2.11. The summed E-state index contributed by atoms with van der Waals surface area (Å²) in [5.74, 6) is -4.98. The van der Waals surface area contributed by atoms with Gasteiger partial charge in [-0.15, -0.1) is 0 Å². The first kappa shape index (κ1) is 14.6. The first-order valence-electron chi connectivity index (χ1n) is 5.86. The molecule has 0 saturated carbocycles. The Kier molecular flexibility index (Phi) is 3.93. The Balaban J connectivity index is 2.41. The fraction of sp³-hybridized carbons (Fsp3) is 0.0714. The third-order valence-electron chi connectivity index (χ3n) is 2.83. The predicted molar refractivity (Wildman–Crippen MR) is 70.2 cm³/mol. The Morgan fingerprint density at radius 1 is 1.19 bits per heavy atom. The molecule has 0 aliphatic carbocycles. The fourth-order valence-electron chi connectivity index (χ4n) is 1.79. The molecule has 1 aromatic carbocycles. The average Bonchev–Trinajstić information content (AvgIpc) is 2.43. The number of nitrogens with one attached hydrogen (secondary N) is 1. The number of rotatable bonds is 3. The van der Waals surface area contributed by atoms with Gasteiger partial charge < -0.3 is 10.4 Å². The zero-order valence-electron chi connectivity index (χ0n) is 10.9. The normalized spacial score (nSPS) is 10.2. The van der Waals surface area contributed by atoms with Gasteiger partial charge in [0, 0.05) is 6.20 Å². The number of aromatic nitrogens is 1. The number of halogens is 2. The molecule has 0 aliphatic heterocycles. The lowest BCUT2D eigenvalue weighted by molar-refractivity contribution is 0.0698. The van der Waals surface area contributed by atoms with Crippen molar-refractivity contribution < 1.29 is 23.5 Å². The molecule has 2 aromatic rings. The van der Waals surface area contributed by atoms with E-state index in [1.807, 2.05) is 0 Å². The van der Waals surface area contributed by atoms with E-state index in [1.54, 1.807) is 13.0 Å². The molecular weight excluding hydrogens is 282 g/mol. The van der Waals surface area contributed by atoms with Crippen LogP contribution in [0.4, 0.5) is 14.5 Å². The summed E-state index contributed by atoms with van der Waals surface area (Å²) in [5.41, 5.74) is -0.176. The Bertz CT molecular complexity index is 732. The van der Waals surface area contributed by atoms with E-state index in [4.69, 9.17) is 5.11 Å². The standard InChI is InChI=1S/C14H10F2N2O3/c1-7-3-2-4-9(14(20)21)11(7)18-13(19)8-5-6-17-12(16)10(8)15/h2-6H,1H3,(H,18,19)(H,20,21). The summed E-state index contributed by atoms with van der Waals surface area (Å²) in [6.07, 6.45) is 0.948. The van der Waals surface area contributed by atoms with Crippen molar-refractivity contribution >= 4 is 17.6 Å². The molecule has 0 fully saturated rings. The van der Waals surface area contributed by atoms with Crippen molar-refractivity contribution in [1.29, 1.82) is 0 Å². The van der Waals surface area contributed by atoms with Gasteiger partial charge in [-0.3, -0.25) is 4.79 Å². The second-order valence-corrected chi connectivity index (χ2v) is 4.22. The lowest BCUT2D eigenvalue weighted by Crippen LogP contribution is -2.18. The molecule has 1 aromatic heterocycles. The van der Waals surface area contributed by atoms with Crippen molar-refractivity contribution in [3.05, 3.63) is 58.9 Å². The highest BCUT2D eigenvalue weighted by Gasteiger charge is 2.19. The molecule has 0 atom stereocenters. The van der Waals surface area contributed by atoms with Gasteiger partial charge >= 0.3 is 5.97 Å². The van der Waals surface area contributed by atoms with Crippen LogP contribution in [0.15, 0.2) is 30.5 Å². The average molecular weight is 292 g/mol. The lowest BCUT2D eigenvalue weighted by atomic mass is 10.1. The quantitative estimate of drug-likeness (QED) is 0.852. The van der Waals surface area contributed by atoms with Gasteiger partial charge in [-0.1, -0.05) is 12.1 Å². The topological polar surface area (TPSA) is 79.3 Å². The van der Waals surface area contributed by atoms with Crippen molar-refractivity contribution in [1.82, 2.24) is 4.98 Å². The molecule has 2 rings (SSSR count). The van der Waals surface area contributed by atoms with E-state index in [9.17, 15) is 18.4 Å². The first-order chi connectivity index (χ1) is 9.91. The molecular formula is C14H10F2N2O3. The highest BCUT2D eigenvalue weighted by Crippen LogP contribution is 2.22. The molecule has 0 bridgehead atoms. The van der Waals surface area contributed by atoms with E-state index in [-0.39, 0.29) is 11.3 Å². The van der Waals surface area contributed by atoms with Gasteiger partial charge in [-0.2, -0.15) is 4.39 Å². The second-order valence-electron chi connectivity index (χ2n) is 4.22. The second kappa shape index (κ2) is 5.66. The molecule has 108 valence electrons. The number of anilines is 1. The van der Waals surface area contributed by atoms with Crippen LogP contribution in [0.3, 0.4) is 0 Å². The number of para-hydroxylation sites is 1. The third-order valence-corrected chi connectivity index (χ3v) is 2.83. The minimum Gasteiger partial charge on any atom is -0.478 e.